The summed E-state index contributed by atoms with van der Waals surface area (Å²) < 4.78 is 0. The molecule has 0 spiro atoms. The van der Waals surface area contributed by atoms with Gasteiger partial charge in [-0.2, -0.15) is 0 Å². The van der Waals surface area contributed by atoms with Gasteiger partial charge in [0.1, 0.15) is 6.04 Å². The Labute approximate surface area is 199 Å². The fourth-order valence-corrected chi connectivity index (χ4v) is 4.12. The lowest BCUT2D eigenvalue weighted by Gasteiger charge is -2.30. The lowest BCUT2D eigenvalue weighted by molar-refractivity contribution is -0.140. The van der Waals surface area contributed by atoms with Crippen LogP contribution in [0.1, 0.15) is 45.6 Å². The van der Waals surface area contributed by atoms with E-state index in [9.17, 15) is 9.59 Å². The van der Waals surface area contributed by atoms with Crippen LogP contribution in [0.5, 0.6) is 0 Å². The maximum Gasteiger partial charge on any atom is 0.242 e. The van der Waals surface area contributed by atoms with E-state index in [1.807, 2.05) is 56.3 Å². The van der Waals surface area contributed by atoms with Crippen LogP contribution in [0.3, 0.4) is 0 Å². The van der Waals surface area contributed by atoms with Crippen LogP contribution in [0.15, 0.2) is 53.4 Å². The molecular weight excluding hydrogens is 451 g/mol. The first-order valence-electron chi connectivity index (χ1n) is 10.5. The third kappa shape index (κ3) is 8.40. The van der Waals surface area contributed by atoms with Crippen molar-refractivity contribution < 1.29 is 9.59 Å². The summed E-state index contributed by atoms with van der Waals surface area (Å²) in [6.07, 6.45) is 1.91. The van der Waals surface area contributed by atoms with Crippen LogP contribution in [0.4, 0.5) is 0 Å². The normalized spacial score (nSPS) is 12.8. The molecule has 4 nitrogen and oxygen atoms in total. The van der Waals surface area contributed by atoms with E-state index in [-0.39, 0.29) is 17.9 Å². The summed E-state index contributed by atoms with van der Waals surface area (Å²) in [5, 5.41) is 4.28. The van der Waals surface area contributed by atoms with E-state index in [0.717, 1.165) is 22.6 Å². The van der Waals surface area contributed by atoms with Gasteiger partial charge in [-0.15, -0.1) is 11.8 Å². The average molecular weight is 481 g/mol. The Balaban J connectivity index is 2.01. The lowest BCUT2D eigenvalue weighted by Crippen LogP contribution is -2.49. The summed E-state index contributed by atoms with van der Waals surface area (Å²) in [5.74, 6) is 0.606. The van der Waals surface area contributed by atoms with Gasteiger partial charge in [-0.25, -0.2) is 0 Å². The zero-order valence-electron chi connectivity index (χ0n) is 18.2. The Morgan fingerprint density at radius 1 is 1.06 bits per heavy atom. The monoisotopic (exact) mass is 480 g/mol. The number of hydrogen-bond donors (Lipinski definition) is 1. The number of thioether (sulfide) groups is 1. The van der Waals surface area contributed by atoms with Gasteiger partial charge in [0, 0.05) is 33.9 Å². The SMILES string of the molecule is CC[C@H](C)NC(=O)[C@@H](C)N(Cc1ccccc1Cl)C(=O)CCCSc1ccc(Cl)cc1. The molecular formula is C24H30Cl2N2O2S. The summed E-state index contributed by atoms with van der Waals surface area (Å²) in [6.45, 7) is 6.05. The zero-order valence-corrected chi connectivity index (χ0v) is 20.6. The second-order valence-electron chi connectivity index (χ2n) is 7.51. The second-order valence-corrected chi connectivity index (χ2v) is 9.52. The maximum atomic E-state index is 13.1. The molecule has 0 unspecified atom stereocenters. The predicted octanol–water partition coefficient (Wildman–Crippen LogP) is 6.20. The highest BCUT2D eigenvalue weighted by Crippen LogP contribution is 2.23. The van der Waals surface area contributed by atoms with Gasteiger partial charge in [0.25, 0.3) is 0 Å². The smallest absolute Gasteiger partial charge is 0.242 e. The summed E-state index contributed by atoms with van der Waals surface area (Å²) in [6, 6.07) is 14.6. The minimum absolute atomic E-state index is 0.0524. The quantitative estimate of drug-likeness (QED) is 0.307. The van der Waals surface area contributed by atoms with Crippen LogP contribution in [-0.2, 0) is 16.1 Å². The average Bonchev–Trinajstić information content (AvgIpc) is 2.76. The van der Waals surface area contributed by atoms with Crippen LogP contribution in [0, 0.1) is 0 Å². The van der Waals surface area contributed by atoms with Crippen LogP contribution >= 0.6 is 35.0 Å². The largest absolute Gasteiger partial charge is 0.352 e. The van der Waals surface area contributed by atoms with Crippen molar-refractivity contribution in [2.24, 2.45) is 0 Å². The number of carbonyl (C=O) groups is 2. The van der Waals surface area contributed by atoms with Crippen molar-refractivity contribution in [3.63, 3.8) is 0 Å². The first-order chi connectivity index (χ1) is 14.8. The Kier molecular flexibility index (Phi) is 10.7. The standard InChI is InChI=1S/C24H30Cl2N2O2S/c1-4-17(2)27-24(30)18(3)28(16-19-8-5-6-9-22(19)26)23(29)10-7-15-31-21-13-11-20(25)12-14-21/h5-6,8-9,11-14,17-18H,4,7,10,15-16H2,1-3H3,(H,27,30)/t17-,18+/m0/s1. The van der Waals surface area contributed by atoms with Crippen LogP contribution in [0.2, 0.25) is 10.0 Å². The van der Waals surface area contributed by atoms with Crippen molar-refractivity contribution in [3.8, 4) is 0 Å². The fraction of sp³-hybridized carbons (Fsp3) is 0.417. The minimum Gasteiger partial charge on any atom is -0.352 e. The van der Waals surface area contributed by atoms with Crippen molar-refractivity contribution in [2.45, 2.75) is 63.6 Å². The van der Waals surface area contributed by atoms with E-state index in [1.165, 1.54) is 0 Å². The third-order valence-corrected chi connectivity index (χ3v) is 6.80. The first kappa shape index (κ1) is 25.6. The van der Waals surface area contributed by atoms with E-state index >= 15 is 0 Å². The Morgan fingerprint density at radius 2 is 1.74 bits per heavy atom. The van der Waals surface area contributed by atoms with Crippen molar-refractivity contribution in [2.75, 3.05) is 5.75 Å². The topological polar surface area (TPSA) is 49.4 Å². The van der Waals surface area contributed by atoms with Crippen molar-refractivity contribution in [1.82, 2.24) is 10.2 Å². The number of amides is 2. The number of halogens is 2. The molecule has 0 aromatic heterocycles. The molecule has 0 fully saturated rings. The highest BCUT2D eigenvalue weighted by molar-refractivity contribution is 7.99. The number of nitrogens with one attached hydrogen (secondary N) is 1. The Hall–Kier alpha value is -1.69. The molecule has 168 valence electrons. The molecule has 0 aliphatic rings. The van der Waals surface area contributed by atoms with E-state index in [4.69, 9.17) is 23.2 Å². The number of benzene rings is 2. The zero-order chi connectivity index (χ0) is 22.8. The molecule has 0 bridgehead atoms. The molecule has 0 aliphatic carbocycles. The number of rotatable bonds is 11. The third-order valence-electron chi connectivity index (χ3n) is 5.08. The van der Waals surface area contributed by atoms with Crippen LogP contribution in [-0.4, -0.2) is 34.6 Å². The molecule has 31 heavy (non-hydrogen) atoms. The molecule has 2 aromatic rings. The van der Waals surface area contributed by atoms with Gasteiger partial charge in [0.2, 0.25) is 11.8 Å². The van der Waals surface area contributed by atoms with Crippen LogP contribution < -0.4 is 5.32 Å². The maximum absolute atomic E-state index is 13.1. The summed E-state index contributed by atoms with van der Waals surface area (Å²) in [5.41, 5.74) is 0.830. The molecule has 2 amide bonds. The van der Waals surface area contributed by atoms with Gasteiger partial charge in [0.05, 0.1) is 0 Å². The molecule has 2 rings (SSSR count). The van der Waals surface area contributed by atoms with Crippen molar-refractivity contribution >= 4 is 46.8 Å². The van der Waals surface area contributed by atoms with Crippen molar-refractivity contribution in [3.05, 3.63) is 64.1 Å². The molecule has 1 N–H and O–H groups in total. The Morgan fingerprint density at radius 3 is 2.39 bits per heavy atom. The number of nitrogens with zero attached hydrogens (tertiary/aromatic N) is 1. The second kappa shape index (κ2) is 13.0. The summed E-state index contributed by atoms with van der Waals surface area (Å²) in [4.78, 5) is 28.6. The van der Waals surface area contributed by atoms with E-state index in [1.54, 1.807) is 29.7 Å². The van der Waals surface area contributed by atoms with Gasteiger partial charge in [-0.05, 0) is 68.3 Å². The number of carbonyl (C=O) groups excluding carboxylic acids is 2. The summed E-state index contributed by atoms with van der Waals surface area (Å²) >= 11 is 13.9. The molecule has 0 radical (unpaired) electrons. The van der Waals surface area contributed by atoms with Gasteiger partial charge < -0.3 is 10.2 Å². The summed E-state index contributed by atoms with van der Waals surface area (Å²) in [7, 11) is 0. The molecule has 0 saturated heterocycles. The van der Waals surface area contributed by atoms with Crippen LogP contribution in [0.25, 0.3) is 0 Å². The molecule has 2 aromatic carbocycles. The van der Waals surface area contributed by atoms with Gasteiger partial charge >= 0.3 is 0 Å². The first-order valence-corrected chi connectivity index (χ1v) is 12.3. The lowest BCUT2D eigenvalue weighted by atomic mass is 10.1. The molecule has 0 heterocycles. The highest BCUT2D eigenvalue weighted by atomic mass is 35.5. The molecule has 7 heteroatoms. The van der Waals surface area contributed by atoms with E-state index < -0.39 is 6.04 Å². The number of hydrogen-bond acceptors (Lipinski definition) is 3. The van der Waals surface area contributed by atoms with E-state index in [0.29, 0.717) is 29.4 Å². The van der Waals surface area contributed by atoms with Gasteiger partial charge in [0.15, 0.2) is 0 Å². The van der Waals surface area contributed by atoms with Crippen molar-refractivity contribution in [1.29, 1.82) is 0 Å². The fourth-order valence-electron chi connectivity index (χ4n) is 2.95. The molecule has 0 saturated carbocycles. The van der Waals surface area contributed by atoms with Gasteiger partial charge in [-0.3, -0.25) is 9.59 Å². The Bertz CT molecular complexity index is 861. The minimum atomic E-state index is -0.582. The van der Waals surface area contributed by atoms with Gasteiger partial charge in [-0.1, -0.05) is 48.3 Å². The molecule has 2 atom stereocenters. The van der Waals surface area contributed by atoms with E-state index in [2.05, 4.69) is 5.32 Å². The highest BCUT2D eigenvalue weighted by Gasteiger charge is 2.26. The predicted molar refractivity (Wildman–Crippen MR) is 131 cm³/mol. The molecule has 0 aliphatic heterocycles.